The molecule has 2 heterocycles. The van der Waals surface area contributed by atoms with Crippen molar-refractivity contribution in [2.24, 2.45) is 11.8 Å². The van der Waals surface area contributed by atoms with Crippen LogP contribution >= 0.6 is 0 Å². The van der Waals surface area contributed by atoms with Crippen LogP contribution in [0.5, 0.6) is 0 Å². The zero-order chi connectivity index (χ0) is 21.0. The molecular weight excluding hydrogens is 384 g/mol. The van der Waals surface area contributed by atoms with Gasteiger partial charge in [0, 0.05) is 24.7 Å². The van der Waals surface area contributed by atoms with Gasteiger partial charge in [0.25, 0.3) is 0 Å². The third-order valence-corrected chi connectivity index (χ3v) is 9.04. The molecule has 6 rings (SSSR count). The molecule has 4 aliphatic rings. The summed E-state index contributed by atoms with van der Waals surface area (Å²) in [6.07, 6.45) is 9.63. The van der Waals surface area contributed by atoms with E-state index in [1.807, 2.05) is 0 Å². The highest BCUT2D eigenvalue weighted by Gasteiger charge is 2.57. The highest BCUT2D eigenvalue weighted by atomic mass is 16.2. The first-order chi connectivity index (χ1) is 15.1. The maximum Gasteiger partial charge on any atom is 0.234 e. The van der Waals surface area contributed by atoms with Crippen LogP contribution in [0.15, 0.2) is 30.5 Å². The number of carbonyl (C=O) groups excluding carboxylic acids is 1. The highest BCUT2D eigenvalue weighted by molar-refractivity contribution is 5.78. The summed E-state index contributed by atoms with van der Waals surface area (Å²) in [5.41, 5.74) is 6.27. The molecule has 1 aliphatic heterocycles. The quantitative estimate of drug-likeness (QED) is 0.795. The van der Waals surface area contributed by atoms with Crippen LogP contribution in [0.1, 0.15) is 73.2 Å². The second-order valence-electron chi connectivity index (χ2n) is 10.6. The molecule has 2 fully saturated rings. The average Bonchev–Trinajstić information content (AvgIpc) is 3.35. The molecule has 1 saturated heterocycles. The van der Waals surface area contributed by atoms with E-state index in [0.717, 1.165) is 32.0 Å². The predicted molar refractivity (Wildman–Crippen MR) is 121 cm³/mol. The maximum absolute atomic E-state index is 11.7. The normalized spacial score (nSPS) is 34.4. The van der Waals surface area contributed by atoms with E-state index < -0.39 is 0 Å². The van der Waals surface area contributed by atoms with Gasteiger partial charge in [-0.05, 0) is 85.4 Å². The number of benzene rings is 1. The maximum atomic E-state index is 11.7. The Kier molecular flexibility index (Phi) is 4.71. The van der Waals surface area contributed by atoms with Crippen LogP contribution < -0.4 is 5.32 Å². The van der Waals surface area contributed by atoms with Gasteiger partial charge < -0.3 is 5.32 Å². The molecule has 31 heavy (non-hydrogen) atoms. The first-order valence-corrected chi connectivity index (χ1v) is 12.3. The second kappa shape index (κ2) is 7.47. The van der Waals surface area contributed by atoms with E-state index in [-0.39, 0.29) is 11.3 Å². The van der Waals surface area contributed by atoms with Gasteiger partial charge in [-0.2, -0.15) is 5.10 Å². The fourth-order valence-electron chi connectivity index (χ4n) is 7.78. The van der Waals surface area contributed by atoms with Gasteiger partial charge >= 0.3 is 0 Å². The Morgan fingerprint density at radius 1 is 1.23 bits per heavy atom. The lowest BCUT2D eigenvalue weighted by atomic mass is 9.53. The van der Waals surface area contributed by atoms with Crippen LogP contribution in [-0.2, 0) is 16.6 Å². The van der Waals surface area contributed by atoms with Crippen molar-refractivity contribution in [1.29, 1.82) is 0 Å². The smallest absolute Gasteiger partial charge is 0.234 e. The van der Waals surface area contributed by atoms with Gasteiger partial charge in [0.1, 0.15) is 0 Å². The van der Waals surface area contributed by atoms with Gasteiger partial charge in [-0.25, -0.2) is 0 Å². The van der Waals surface area contributed by atoms with E-state index in [4.69, 9.17) is 5.10 Å². The van der Waals surface area contributed by atoms with Crippen LogP contribution in [0.25, 0.3) is 0 Å². The lowest BCUT2D eigenvalue weighted by Crippen LogP contribution is -2.48. The minimum atomic E-state index is 0.174. The van der Waals surface area contributed by atoms with Gasteiger partial charge in [-0.1, -0.05) is 31.2 Å². The number of hydrogen-bond acceptors (Lipinski definition) is 3. The van der Waals surface area contributed by atoms with E-state index in [0.29, 0.717) is 24.3 Å². The van der Waals surface area contributed by atoms with Crippen LogP contribution in [0.3, 0.4) is 0 Å². The van der Waals surface area contributed by atoms with E-state index in [9.17, 15) is 4.79 Å². The van der Waals surface area contributed by atoms with Gasteiger partial charge in [0.15, 0.2) is 0 Å². The zero-order valence-corrected chi connectivity index (χ0v) is 18.6. The Morgan fingerprint density at radius 3 is 3.03 bits per heavy atom. The van der Waals surface area contributed by atoms with Crippen LogP contribution in [0.2, 0.25) is 0 Å². The standard InChI is InChI=1S/C26H34N4O/c1-26-11-10-19-18-6-3-2-5-17(18)8-9-21(19)24(26)20(22-15-28-29-25(22)26)7-4-13-30-14-12-27-23(31)16-30/h2-3,5-6,15,19-21,24H,4,7-14,16H2,1H3,(H,27,31)(H,28,29)/t19?,20-,21?,24?,26+/m1/s1. The lowest BCUT2D eigenvalue weighted by Gasteiger charge is -2.50. The van der Waals surface area contributed by atoms with Crippen molar-refractivity contribution in [3.05, 3.63) is 52.8 Å². The summed E-state index contributed by atoms with van der Waals surface area (Å²) >= 11 is 0. The third kappa shape index (κ3) is 3.07. The Hall–Kier alpha value is -2.14. The first kappa shape index (κ1) is 19.5. The number of fused-ring (bicyclic) bond motifs is 7. The summed E-state index contributed by atoms with van der Waals surface area (Å²) in [4.78, 5) is 14.1. The van der Waals surface area contributed by atoms with Crippen LogP contribution in [0.4, 0.5) is 0 Å². The number of aryl methyl sites for hydroxylation is 1. The van der Waals surface area contributed by atoms with Crippen LogP contribution in [-0.4, -0.2) is 47.2 Å². The number of nitrogens with zero attached hydrogens (tertiary/aromatic N) is 2. The molecule has 1 amide bonds. The minimum absolute atomic E-state index is 0.174. The van der Waals surface area contributed by atoms with E-state index in [1.165, 1.54) is 43.4 Å². The Balaban J connectivity index is 1.26. The zero-order valence-electron chi connectivity index (χ0n) is 18.6. The summed E-state index contributed by atoms with van der Waals surface area (Å²) in [6, 6.07) is 9.20. The van der Waals surface area contributed by atoms with Crippen molar-refractivity contribution in [3.8, 4) is 0 Å². The van der Waals surface area contributed by atoms with E-state index in [1.54, 1.807) is 11.1 Å². The first-order valence-electron chi connectivity index (χ1n) is 12.3. The minimum Gasteiger partial charge on any atom is -0.354 e. The van der Waals surface area contributed by atoms with Crippen LogP contribution in [0, 0.1) is 11.8 Å². The molecule has 5 nitrogen and oxygen atoms in total. The molecule has 3 unspecified atom stereocenters. The summed E-state index contributed by atoms with van der Waals surface area (Å²) in [5.74, 6) is 2.93. The molecule has 0 spiro atoms. The molecule has 1 aromatic carbocycles. The van der Waals surface area contributed by atoms with Gasteiger partial charge in [-0.3, -0.25) is 14.8 Å². The fraction of sp³-hybridized carbons (Fsp3) is 0.615. The number of carbonyl (C=O) groups is 1. The largest absolute Gasteiger partial charge is 0.354 e. The number of piperazine rings is 1. The number of aromatic amines is 1. The van der Waals surface area contributed by atoms with Crippen molar-refractivity contribution in [2.75, 3.05) is 26.2 Å². The summed E-state index contributed by atoms with van der Waals surface area (Å²) in [7, 11) is 0. The van der Waals surface area contributed by atoms with Crippen molar-refractivity contribution in [3.63, 3.8) is 0 Å². The molecule has 3 aliphatic carbocycles. The Morgan fingerprint density at radius 2 is 2.13 bits per heavy atom. The SMILES string of the molecule is C[C@]12CCC3c4ccccc4CCC3C1[C@H](CCCN1CCNC(=O)C1)c1c[nH]nc12. The van der Waals surface area contributed by atoms with Crippen molar-refractivity contribution >= 4 is 5.91 Å². The monoisotopic (exact) mass is 418 g/mol. The lowest BCUT2D eigenvalue weighted by molar-refractivity contribution is -0.124. The number of nitrogens with one attached hydrogen (secondary N) is 2. The van der Waals surface area contributed by atoms with Gasteiger partial charge in [0.2, 0.25) is 5.91 Å². The Bertz CT molecular complexity index is 983. The molecule has 164 valence electrons. The summed E-state index contributed by atoms with van der Waals surface area (Å²) in [6.45, 7) is 5.86. The van der Waals surface area contributed by atoms with Crippen molar-refractivity contribution in [1.82, 2.24) is 20.4 Å². The molecular formula is C26H34N4O. The second-order valence-corrected chi connectivity index (χ2v) is 10.6. The molecule has 0 radical (unpaired) electrons. The fourth-order valence-corrected chi connectivity index (χ4v) is 7.78. The van der Waals surface area contributed by atoms with Crippen molar-refractivity contribution in [2.45, 2.75) is 62.7 Å². The summed E-state index contributed by atoms with van der Waals surface area (Å²) < 4.78 is 0. The molecule has 5 atom stereocenters. The molecule has 1 aromatic heterocycles. The molecule has 2 aromatic rings. The number of hydrogen-bond donors (Lipinski definition) is 2. The molecule has 1 saturated carbocycles. The van der Waals surface area contributed by atoms with E-state index in [2.05, 4.69) is 52.7 Å². The Labute approximate surface area is 185 Å². The molecule has 5 heteroatoms. The highest BCUT2D eigenvalue weighted by Crippen LogP contribution is 2.64. The molecule has 0 bridgehead atoms. The predicted octanol–water partition coefficient (Wildman–Crippen LogP) is 3.73. The number of aromatic nitrogens is 2. The van der Waals surface area contributed by atoms with Gasteiger partial charge in [-0.15, -0.1) is 0 Å². The summed E-state index contributed by atoms with van der Waals surface area (Å²) in [5, 5.41) is 11.0. The van der Waals surface area contributed by atoms with Crippen molar-refractivity contribution < 1.29 is 4.79 Å². The van der Waals surface area contributed by atoms with Gasteiger partial charge in [0.05, 0.1) is 12.2 Å². The number of amides is 1. The number of H-pyrrole nitrogens is 1. The third-order valence-electron chi connectivity index (χ3n) is 9.04. The van der Waals surface area contributed by atoms with E-state index >= 15 is 0 Å². The molecule has 2 N–H and O–H groups in total. The topological polar surface area (TPSA) is 61.0 Å². The number of rotatable bonds is 4. The average molecular weight is 419 g/mol.